The van der Waals surface area contributed by atoms with Gasteiger partial charge in [0.25, 0.3) is 0 Å². The van der Waals surface area contributed by atoms with Crippen molar-refractivity contribution < 1.29 is 4.79 Å². The molecular weight excluding hydrogens is 276 g/mol. The van der Waals surface area contributed by atoms with Gasteiger partial charge in [0.1, 0.15) is 5.65 Å². The minimum absolute atomic E-state index is 0.239. The van der Waals surface area contributed by atoms with Gasteiger partial charge in [-0.25, -0.2) is 4.98 Å². The largest absolute Gasteiger partial charge is 0.346 e. The summed E-state index contributed by atoms with van der Waals surface area (Å²) in [5.41, 5.74) is 2.18. The summed E-state index contributed by atoms with van der Waals surface area (Å²) in [6.45, 7) is 6.32. The Morgan fingerprint density at radius 3 is 3.14 bits per heavy atom. The topological polar surface area (TPSA) is 52.2 Å². The number of amides is 1. The second-order valence-corrected chi connectivity index (χ2v) is 7.21. The lowest BCUT2D eigenvalue weighted by Crippen LogP contribution is -2.35. The van der Waals surface area contributed by atoms with E-state index >= 15 is 0 Å². The van der Waals surface area contributed by atoms with Crippen molar-refractivity contribution >= 4 is 16.9 Å². The number of likely N-dealkylation sites (tertiary alicyclic amines) is 2. The highest BCUT2D eigenvalue weighted by atomic mass is 16.2. The number of nitrogens with zero attached hydrogens (tertiary/aromatic N) is 3. The summed E-state index contributed by atoms with van der Waals surface area (Å²) >= 11 is 0. The van der Waals surface area contributed by atoms with E-state index in [9.17, 15) is 4.79 Å². The number of aromatic nitrogens is 2. The minimum Gasteiger partial charge on any atom is -0.346 e. The van der Waals surface area contributed by atoms with Crippen molar-refractivity contribution in [3.05, 3.63) is 30.1 Å². The van der Waals surface area contributed by atoms with Crippen LogP contribution in [0.4, 0.5) is 0 Å². The number of fused-ring (bicyclic) bond motifs is 2. The van der Waals surface area contributed by atoms with E-state index in [2.05, 4.69) is 33.7 Å². The first-order chi connectivity index (χ1) is 10.5. The second-order valence-electron chi connectivity index (χ2n) is 7.21. The lowest BCUT2D eigenvalue weighted by atomic mass is 9.83. The number of pyridine rings is 1. The summed E-state index contributed by atoms with van der Waals surface area (Å²) in [4.78, 5) is 24.6. The Labute approximate surface area is 130 Å². The molecular formula is C17H22N4O. The molecule has 2 fully saturated rings. The Bertz CT molecular complexity index is 724. The average molecular weight is 298 g/mol. The van der Waals surface area contributed by atoms with Crippen molar-refractivity contribution in [2.75, 3.05) is 33.2 Å². The van der Waals surface area contributed by atoms with Crippen molar-refractivity contribution in [1.29, 1.82) is 0 Å². The number of aromatic amines is 1. The van der Waals surface area contributed by atoms with E-state index in [4.69, 9.17) is 0 Å². The van der Waals surface area contributed by atoms with E-state index in [1.54, 1.807) is 6.20 Å². The number of rotatable bonds is 2. The van der Waals surface area contributed by atoms with E-state index in [-0.39, 0.29) is 11.3 Å². The molecule has 0 aromatic carbocycles. The zero-order chi connectivity index (χ0) is 15.3. The van der Waals surface area contributed by atoms with E-state index in [0.717, 1.165) is 42.8 Å². The molecule has 5 nitrogen and oxygen atoms in total. The van der Waals surface area contributed by atoms with Crippen molar-refractivity contribution in [3.8, 4) is 0 Å². The predicted molar refractivity (Wildman–Crippen MR) is 85.5 cm³/mol. The van der Waals surface area contributed by atoms with Gasteiger partial charge >= 0.3 is 0 Å². The maximum Gasteiger partial charge on any atom is 0.227 e. The molecule has 0 saturated carbocycles. The molecule has 1 amide bonds. The van der Waals surface area contributed by atoms with Crippen LogP contribution >= 0.6 is 0 Å². The molecule has 0 bridgehead atoms. The summed E-state index contributed by atoms with van der Waals surface area (Å²) in [6, 6.07) is 3.94. The number of carbonyl (C=O) groups excluding carboxylic acids is 1. The van der Waals surface area contributed by atoms with Crippen molar-refractivity contribution in [2.45, 2.75) is 13.3 Å². The summed E-state index contributed by atoms with van der Waals surface area (Å²) in [5, 5.41) is 1.06. The number of nitrogens with one attached hydrogen (secondary N) is 1. The summed E-state index contributed by atoms with van der Waals surface area (Å²) < 4.78 is 0. The Balaban J connectivity index is 1.50. The fraction of sp³-hybridized carbons (Fsp3) is 0.529. The third-order valence-electron chi connectivity index (χ3n) is 5.37. The molecule has 0 unspecified atom stereocenters. The first-order valence-corrected chi connectivity index (χ1v) is 7.92. The third-order valence-corrected chi connectivity index (χ3v) is 5.37. The number of H-pyrrole nitrogens is 1. The average Bonchev–Trinajstić information content (AvgIpc) is 3.09. The number of hydrogen-bond acceptors (Lipinski definition) is 3. The van der Waals surface area contributed by atoms with Crippen LogP contribution in [0.25, 0.3) is 11.0 Å². The molecule has 2 aromatic rings. The molecule has 5 heteroatoms. The van der Waals surface area contributed by atoms with Gasteiger partial charge in [0, 0.05) is 49.4 Å². The van der Waals surface area contributed by atoms with Gasteiger partial charge in [-0.15, -0.1) is 0 Å². The van der Waals surface area contributed by atoms with Crippen molar-refractivity contribution in [2.24, 2.45) is 11.3 Å². The maximum atomic E-state index is 12.7. The van der Waals surface area contributed by atoms with Gasteiger partial charge in [-0.05, 0) is 30.7 Å². The summed E-state index contributed by atoms with van der Waals surface area (Å²) in [6.07, 6.45) is 4.15. The molecule has 4 rings (SSSR count). The second kappa shape index (κ2) is 4.81. The smallest absolute Gasteiger partial charge is 0.227 e. The highest BCUT2D eigenvalue weighted by Gasteiger charge is 2.49. The van der Waals surface area contributed by atoms with Crippen LogP contribution in [0.2, 0.25) is 0 Å². The van der Waals surface area contributed by atoms with Gasteiger partial charge < -0.3 is 14.8 Å². The standard InChI is InChI=1S/C17H22N4O/c1-17-10-20(2)8-13(17)9-21(11-17)15(22)6-12-7-19-16-14(12)4-3-5-18-16/h3-5,7,13H,6,8-11H2,1-2H3,(H,18,19)/t13-,17+/m1/s1. The Morgan fingerprint density at radius 1 is 1.45 bits per heavy atom. The normalized spacial score (nSPS) is 28.5. The molecule has 1 N–H and O–H groups in total. The molecule has 2 aliphatic rings. The summed E-state index contributed by atoms with van der Waals surface area (Å²) in [7, 11) is 2.18. The van der Waals surface area contributed by atoms with Crippen LogP contribution in [0.1, 0.15) is 12.5 Å². The van der Waals surface area contributed by atoms with Crippen LogP contribution in [-0.4, -0.2) is 58.9 Å². The van der Waals surface area contributed by atoms with E-state index in [0.29, 0.717) is 12.3 Å². The molecule has 116 valence electrons. The van der Waals surface area contributed by atoms with E-state index in [1.165, 1.54) is 0 Å². The quantitative estimate of drug-likeness (QED) is 0.914. The highest BCUT2D eigenvalue weighted by molar-refractivity contribution is 5.87. The SMILES string of the molecule is CN1C[C@@H]2CN(C(=O)Cc3c[nH]c4ncccc34)C[C@]2(C)C1. The van der Waals surface area contributed by atoms with Crippen LogP contribution in [-0.2, 0) is 11.2 Å². The third kappa shape index (κ3) is 2.11. The fourth-order valence-corrected chi connectivity index (χ4v) is 4.25. The van der Waals surface area contributed by atoms with Crippen molar-refractivity contribution in [1.82, 2.24) is 19.8 Å². The first kappa shape index (κ1) is 13.8. The molecule has 22 heavy (non-hydrogen) atoms. The summed E-state index contributed by atoms with van der Waals surface area (Å²) in [5.74, 6) is 0.856. The highest BCUT2D eigenvalue weighted by Crippen LogP contribution is 2.41. The zero-order valence-corrected chi connectivity index (χ0v) is 13.2. The maximum absolute atomic E-state index is 12.7. The minimum atomic E-state index is 0.239. The molecule has 4 heterocycles. The van der Waals surface area contributed by atoms with Crippen LogP contribution in [0.5, 0.6) is 0 Å². The lowest BCUT2D eigenvalue weighted by Gasteiger charge is -2.24. The molecule has 2 aromatic heterocycles. The molecule has 2 saturated heterocycles. The fourth-order valence-electron chi connectivity index (χ4n) is 4.25. The van der Waals surface area contributed by atoms with Crippen LogP contribution < -0.4 is 0 Å². The van der Waals surface area contributed by atoms with Gasteiger partial charge in [0.15, 0.2) is 0 Å². The van der Waals surface area contributed by atoms with Gasteiger partial charge in [-0.3, -0.25) is 4.79 Å². The van der Waals surface area contributed by atoms with Gasteiger partial charge in [-0.2, -0.15) is 0 Å². The first-order valence-electron chi connectivity index (χ1n) is 7.92. The predicted octanol–water partition coefficient (Wildman–Crippen LogP) is 1.52. The van der Waals surface area contributed by atoms with Crippen LogP contribution in [0.3, 0.4) is 0 Å². The lowest BCUT2D eigenvalue weighted by molar-refractivity contribution is -0.130. The molecule has 2 atom stereocenters. The zero-order valence-electron chi connectivity index (χ0n) is 13.2. The monoisotopic (exact) mass is 298 g/mol. The van der Waals surface area contributed by atoms with Crippen molar-refractivity contribution in [3.63, 3.8) is 0 Å². The molecule has 0 aliphatic carbocycles. The van der Waals surface area contributed by atoms with Gasteiger partial charge in [0.05, 0.1) is 6.42 Å². The van der Waals surface area contributed by atoms with E-state index < -0.39 is 0 Å². The van der Waals surface area contributed by atoms with Gasteiger partial charge in [-0.1, -0.05) is 6.92 Å². The molecule has 2 aliphatic heterocycles. The van der Waals surface area contributed by atoms with Crippen LogP contribution in [0, 0.1) is 11.3 Å². The Morgan fingerprint density at radius 2 is 2.32 bits per heavy atom. The Hall–Kier alpha value is -1.88. The Kier molecular flexibility index (Phi) is 3.01. The van der Waals surface area contributed by atoms with Crippen LogP contribution in [0.15, 0.2) is 24.5 Å². The van der Waals surface area contributed by atoms with Gasteiger partial charge in [0.2, 0.25) is 5.91 Å². The number of hydrogen-bond donors (Lipinski definition) is 1. The van der Waals surface area contributed by atoms with E-state index in [1.807, 2.05) is 18.3 Å². The molecule has 0 spiro atoms. The molecule has 0 radical (unpaired) electrons. The number of carbonyl (C=O) groups is 1.